The lowest BCUT2D eigenvalue weighted by Gasteiger charge is -2.17. The van der Waals surface area contributed by atoms with Crippen LogP contribution in [0.5, 0.6) is 0 Å². The summed E-state index contributed by atoms with van der Waals surface area (Å²) < 4.78 is 0. The Balaban J connectivity index is 2.00. The fourth-order valence-corrected chi connectivity index (χ4v) is 2.42. The first-order chi connectivity index (χ1) is 10.9. The van der Waals surface area contributed by atoms with Gasteiger partial charge in [0.15, 0.2) is 0 Å². The molecule has 0 heterocycles. The molecule has 0 fully saturated rings. The average Bonchev–Trinajstić information content (AvgIpc) is 2.50. The van der Waals surface area contributed by atoms with Crippen LogP contribution in [-0.4, -0.2) is 30.3 Å². The van der Waals surface area contributed by atoms with Crippen LogP contribution < -0.4 is 5.32 Å². The SMILES string of the molecule is CN(CC(=O)Nc1ccc(Cl)c(Cl)c1)C(=O)c1ccccc1Cl. The molecule has 0 aliphatic carbocycles. The Morgan fingerprint density at radius 2 is 1.70 bits per heavy atom. The fourth-order valence-electron chi connectivity index (χ4n) is 1.90. The van der Waals surface area contributed by atoms with Gasteiger partial charge in [0.05, 0.1) is 27.2 Å². The molecule has 0 unspecified atom stereocenters. The second kappa shape index (κ2) is 7.68. The van der Waals surface area contributed by atoms with E-state index in [2.05, 4.69) is 5.32 Å². The molecule has 1 N–H and O–H groups in total. The minimum atomic E-state index is -0.355. The van der Waals surface area contributed by atoms with E-state index < -0.39 is 0 Å². The maximum Gasteiger partial charge on any atom is 0.255 e. The van der Waals surface area contributed by atoms with Crippen LogP contribution in [0, 0.1) is 0 Å². The topological polar surface area (TPSA) is 49.4 Å². The summed E-state index contributed by atoms with van der Waals surface area (Å²) in [7, 11) is 1.53. The van der Waals surface area contributed by atoms with E-state index in [0.717, 1.165) is 0 Å². The largest absolute Gasteiger partial charge is 0.332 e. The highest BCUT2D eigenvalue weighted by atomic mass is 35.5. The second-order valence-electron chi connectivity index (χ2n) is 4.82. The number of anilines is 1. The Labute approximate surface area is 148 Å². The number of likely N-dealkylation sites (N-methyl/N-ethyl adjacent to an activating group) is 1. The van der Waals surface area contributed by atoms with E-state index in [1.807, 2.05) is 0 Å². The predicted molar refractivity (Wildman–Crippen MR) is 93.5 cm³/mol. The maximum absolute atomic E-state index is 12.3. The molecule has 0 aliphatic heterocycles. The number of carbonyl (C=O) groups is 2. The number of amides is 2. The predicted octanol–water partition coefficient (Wildman–Crippen LogP) is 4.36. The number of nitrogens with one attached hydrogen (secondary N) is 1. The van der Waals surface area contributed by atoms with Crippen molar-refractivity contribution in [2.24, 2.45) is 0 Å². The van der Waals surface area contributed by atoms with Crippen LogP contribution in [0.3, 0.4) is 0 Å². The lowest BCUT2D eigenvalue weighted by Crippen LogP contribution is -2.35. The van der Waals surface area contributed by atoms with Crippen LogP contribution in [0.2, 0.25) is 15.1 Å². The van der Waals surface area contributed by atoms with Crippen LogP contribution in [0.4, 0.5) is 5.69 Å². The third kappa shape index (κ3) is 4.61. The molecule has 0 radical (unpaired) electrons. The summed E-state index contributed by atoms with van der Waals surface area (Å²) in [5.74, 6) is -0.689. The fraction of sp³-hybridized carbons (Fsp3) is 0.125. The zero-order chi connectivity index (χ0) is 17.0. The van der Waals surface area contributed by atoms with Gasteiger partial charge >= 0.3 is 0 Å². The molecule has 2 rings (SSSR count). The molecule has 7 heteroatoms. The molecule has 0 atom stereocenters. The normalized spacial score (nSPS) is 10.3. The Kier molecular flexibility index (Phi) is 5.88. The van der Waals surface area contributed by atoms with Crippen molar-refractivity contribution in [2.45, 2.75) is 0 Å². The van der Waals surface area contributed by atoms with E-state index in [4.69, 9.17) is 34.8 Å². The minimum Gasteiger partial charge on any atom is -0.332 e. The van der Waals surface area contributed by atoms with E-state index in [-0.39, 0.29) is 18.4 Å². The number of halogens is 3. The summed E-state index contributed by atoms with van der Waals surface area (Å²) in [4.78, 5) is 25.6. The number of rotatable bonds is 4. The van der Waals surface area contributed by atoms with Crippen molar-refractivity contribution in [1.29, 1.82) is 0 Å². The van der Waals surface area contributed by atoms with E-state index >= 15 is 0 Å². The smallest absolute Gasteiger partial charge is 0.255 e. The Morgan fingerprint density at radius 3 is 2.35 bits per heavy atom. The molecule has 0 aliphatic rings. The third-order valence-electron chi connectivity index (χ3n) is 3.04. The van der Waals surface area contributed by atoms with Crippen molar-refractivity contribution in [2.75, 3.05) is 18.9 Å². The molecule has 2 aromatic rings. The van der Waals surface area contributed by atoms with Gasteiger partial charge in [0.1, 0.15) is 0 Å². The highest BCUT2D eigenvalue weighted by molar-refractivity contribution is 6.42. The molecule has 0 saturated carbocycles. The Morgan fingerprint density at radius 1 is 1.00 bits per heavy atom. The van der Waals surface area contributed by atoms with Crippen LogP contribution in [0.1, 0.15) is 10.4 Å². The van der Waals surface area contributed by atoms with Gasteiger partial charge in [-0.3, -0.25) is 9.59 Å². The van der Waals surface area contributed by atoms with Crippen molar-refractivity contribution in [1.82, 2.24) is 4.90 Å². The lowest BCUT2D eigenvalue weighted by molar-refractivity contribution is -0.116. The van der Waals surface area contributed by atoms with E-state index in [1.54, 1.807) is 36.4 Å². The summed E-state index contributed by atoms with van der Waals surface area (Å²) in [5, 5.41) is 3.73. The zero-order valence-electron chi connectivity index (χ0n) is 12.1. The van der Waals surface area contributed by atoms with E-state index in [0.29, 0.717) is 26.3 Å². The van der Waals surface area contributed by atoms with Crippen LogP contribution >= 0.6 is 34.8 Å². The summed E-state index contributed by atoms with van der Waals surface area (Å²) in [6.45, 7) is -0.121. The quantitative estimate of drug-likeness (QED) is 0.868. The van der Waals surface area contributed by atoms with Crippen molar-refractivity contribution in [3.8, 4) is 0 Å². The molecule has 4 nitrogen and oxygen atoms in total. The van der Waals surface area contributed by atoms with Crippen molar-refractivity contribution in [3.05, 3.63) is 63.1 Å². The first-order valence-electron chi connectivity index (χ1n) is 6.63. The lowest BCUT2D eigenvalue weighted by atomic mass is 10.2. The summed E-state index contributed by atoms with van der Waals surface area (Å²) in [6.07, 6.45) is 0. The van der Waals surface area contributed by atoms with Gasteiger partial charge in [-0.15, -0.1) is 0 Å². The average molecular weight is 372 g/mol. The number of nitrogens with zero attached hydrogens (tertiary/aromatic N) is 1. The first-order valence-corrected chi connectivity index (χ1v) is 7.77. The molecule has 23 heavy (non-hydrogen) atoms. The standard InChI is InChI=1S/C16H13Cl3N2O2/c1-21(16(23)11-4-2-3-5-12(11)17)9-15(22)20-10-6-7-13(18)14(19)8-10/h2-8H,9H2,1H3,(H,20,22). The minimum absolute atomic E-state index is 0.121. The third-order valence-corrected chi connectivity index (χ3v) is 4.10. The number of carbonyl (C=O) groups excluding carboxylic acids is 2. The molecular weight excluding hydrogens is 359 g/mol. The second-order valence-corrected chi connectivity index (χ2v) is 6.04. The first kappa shape index (κ1) is 17.6. The van der Waals surface area contributed by atoms with Gasteiger partial charge in [0, 0.05) is 12.7 Å². The van der Waals surface area contributed by atoms with E-state index in [1.165, 1.54) is 18.0 Å². The van der Waals surface area contributed by atoms with Gasteiger partial charge in [-0.05, 0) is 30.3 Å². The monoisotopic (exact) mass is 370 g/mol. The molecule has 0 spiro atoms. The van der Waals surface area contributed by atoms with Crippen LogP contribution in [0.25, 0.3) is 0 Å². The number of benzene rings is 2. The number of hydrogen-bond acceptors (Lipinski definition) is 2. The Hall–Kier alpha value is -1.75. The van der Waals surface area contributed by atoms with Crippen LogP contribution in [-0.2, 0) is 4.79 Å². The summed E-state index contributed by atoms with van der Waals surface area (Å²) in [6, 6.07) is 11.4. The molecule has 2 aromatic carbocycles. The molecule has 120 valence electrons. The van der Waals surface area contributed by atoms with E-state index in [9.17, 15) is 9.59 Å². The molecule has 0 aromatic heterocycles. The van der Waals surface area contributed by atoms with Crippen molar-refractivity contribution >= 4 is 52.3 Å². The van der Waals surface area contributed by atoms with Gasteiger partial charge < -0.3 is 10.2 Å². The Bertz CT molecular complexity index is 750. The molecule has 0 bridgehead atoms. The highest BCUT2D eigenvalue weighted by Gasteiger charge is 2.17. The van der Waals surface area contributed by atoms with Gasteiger partial charge in [0.2, 0.25) is 5.91 Å². The molecular formula is C16H13Cl3N2O2. The molecule has 0 saturated heterocycles. The molecule has 2 amide bonds. The van der Waals surface area contributed by atoms with Crippen LogP contribution in [0.15, 0.2) is 42.5 Å². The van der Waals surface area contributed by atoms with Crippen molar-refractivity contribution < 1.29 is 9.59 Å². The maximum atomic E-state index is 12.3. The van der Waals surface area contributed by atoms with Gasteiger partial charge in [0.25, 0.3) is 5.91 Å². The van der Waals surface area contributed by atoms with Gasteiger partial charge in [-0.25, -0.2) is 0 Å². The van der Waals surface area contributed by atoms with Gasteiger partial charge in [-0.2, -0.15) is 0 Å². The highest BCUT2D eigenvalue weighted by Crippen LogP contribution is 2.25. The van der Waals surface area contributed by atoms with Crippen molar-refractivity contribution in [3.63, 3.8) is 0 Å². The summed E-state index contributed by atoms with van der Waals surface area (Å²) >= 11 is 17.7. The zero-order valence-corrected chi connectivity index (χ0v) is 14.4. The number of hydrogen-bond donors (Lipinski definition) is 1. The summed E-state index contributed by atoms with van der Waals surface area (Å²) in [5.41, 5.74) is 0.849. The van der Waals surface area contributed by atoms with Gasteiger partial charge in [-0.1, -0.05) is 46.9 Å².